The standard InChI is InChI=1S/C11H21NO2/c1-8(2)14-11(13)12-10-6-4-5-9(3)7-10/h8-10H,4-7H2,1-3H3,(H,12,13). The van der Waals surface area contributed by atoms with Gasteiger partial charge in [-0.3, -0.25) is 0 Å². The number of rotatable bonds is 2. The SMILES string of the molecule is CC1CCCC(NC(=O)OC(C)C)C1. The summed E-state index contributed by atoms with van der Waals surface area (Å²) in [6, 6.07) is 0.324. The van der Waals surface area contributed by atoms with Gasteiger partial charge in [-0.15, -0.1) is 0 Å². The molecule has 0 spiro atoms. The molecule has 0 aliphatic heterocycles. The molecule has 1 rings (SSSR count). The van der Waals surface area contributed by atoms with Crippen LogP contribution in [0.25, 0.3) is 0 Å². The van der Waals surface area contributed by atoms with Gasteiger partial charge in [0.25, 0.3) is 0 Å². The van der Waals surface area contributed by atoms with E-state index in [4.69, 9.17) is 4.74 Å². The molecule has 82 valence electrons. The second-order valence-electron chi connectivity index (χ2n) is 4.57. The monoisotopic (exact) mass is 199 g/mol. The Hall–Kier alpha value is -0.730. The first-order valence-electron chi connectivity index (χ1n) is 5.55. The summed E-state index contributed by atoms with van der Waals surface area (Å²) in [7, 11) is 0. The zero-order chi connectivity index (χ0) is 10.6. The molecule has 1 aliphatic rings. The molecule has 1 aliphatic carbocycles. The molecule has 14 heavy (non-hydrogen) atoms. The van der Waals surface area contributed by atoms with E-state index in [0.717, 1.165) is 18.8 Å². The first-order chi connectivity index (χ1) is 6.58. The van der Waals surface area contributed by atoms with E-state index >= 15 is 0 Å². The predicted molar refractivity (Wildman–Crippen MR) is 56.2 cm³/mol. The molecule has 2 atom stereocenters. The Morgan fingerprint density at radius 1 is 1.43 bits per heavy atom. The van der Waals surface area contributed by atoms with E-state index in [9.17, 15) is 4.79 Å². The lowest BCUT2D eigenvalue weighted by molar-refractivity contribution is 0.108. The average molecular weight is 199 g/mol. The van der Waals surface area contributed by atoms with Gasteiger partial charge in [-0.05, 0) is 32.6 Å². The van der Waals surface area contributed by atoms with Gasteiger partial charge in [0.15, 0.2) is 0 Å². The smallest absolute Gasteiger partial charge is 0.407 e. The molecule has 0 heterocycles. The van der Waals surface area contributed by atoms with Crippen molar-refractivity contribution in [2.45, 2.75) is 58.6 Å². The van der Waals surface area contributed by atoms with Crippen molar-refractivity contribution in [2.75, 3.05) is 0 Å². The first kappa shape index (κ1) is 11.3. The van der Waals surface area contributed by atoms with Crippen molar-refractivity contribution in [1.29, 1.82) is 0 Å². The van der Waals surface area contributed by atoms with Gasteiger partial charge in [0.2, 0.25) is 0 Å². The second-order valence-corrected chi connectivity index (χ2v) is 4.57. The van der Waals surface area contributed by atoms with E-state index in [1.165, 1.54) is 12.8 Å². The zero-order valence-electron chi connectivity index (χ0n) is 9.38. The van der Waals surface area contributed by atoms with Crippen LogP contribution in [0.2, 0.25) is 0 Å². The van der Waals surface area contributed by atoms with Gasteiger partial charge >= 0.3 is 6.09 Å². The Bertz CT molecular complexity index is 192. The average Bonchev–Trinajstić information content (AvgIpc) is 2.01. The van der Waals surface area contributed by atoms with Gasteiger partial charge in [0.05, 0.1) is 6.10 Å². The third-order valence-corrected chi connectivity index (χ3v) is 2.60. The molecular formula is C11H21NO2. The van der Waals surface area contributed by atoms with E-state index in [0.29, 0.717) is 6.04 Å². The number of alkyl carbamates (subject to hydrolysis) is 1. The number of amides is 1. The van der Waals surface area contributed by atoms with Crippen molar-refractivity contribution in [1.82, 2.24) is 5.32 Å². The number of nitrogens with one attached hydrogen (secondary N) is 1. The van der Waals surface area contributed by atoms with E-state index in [1.54, 1.807) is 0 Å². The summed E-state index contributed by atoms with van der Waals surface area (Å²) in [5, 5.41) is 2.92. The maximum absolute atomic E-state index is 11.3. The van der Waals surface area contributed by atoms with Gasteiger partial charge in [-0.2, -0.15) is 0 Å². The van der Waals surface area contributed by atoms with Crippen LogP contribution >= 0.6 is 0 Å². The minimum absolute atomic E-state index is 0.0315. The largest absolute Gasteiger partial charge is 0.447 e. The van der Waals surface area contributed by atoms with Crippen LogP contribution in [-0.2, 0) is 4.74 Å². The summed E-state index contributed by atoms with van der Waals surface area (Å²) >= 11 is 0. The minimum Gasteiger partial charge on any atom is -0.447 e. The highest BCUT2D eigenvalue weighted by molar-refractivity contribution is 5.67. The minimum atomic E-state index is -0.265. The third kappa shape index (κ3) is 3.99. The summed E-state index contributed by atoms with van der Waals surface area (Å²) in [5.41, 5.74) is 0. The Labute approximate surface area is 86.2 Å². The van der Waals surface area contributed by atoms with E-state index < -0.39 is 0 Å². The quantitative estimate of drug-likeness (QED) is 0.742. The molecule has 0 radical (unpaired) electrons. The van der Waals surface area contributed by atoms with Gasteiger partial charge in [0, 0.05) is 6.04 Å². The summed E-state index contributed by atoms with van der Waals surface area (Å²) < 4.78 is 5.04. The molecule has 1 fully saturated rings. The molecule has 0 aromatic carbocycles. The van der Waals surface area contributed by atoms with Gasteiger partial charge in [0.1, 0.15) is 0 Å². The van der Waals surface area contributed by atoms with E-state index in [2.05, 4.69) is 12.2 Å². The van der Waals surface area contributed by atoms with Crippen molar-refractivity contribution in [3.63, 3.8) is 0 Å². The molecule has 2 unspecified atom stereocenters. The number of ether oxygens (including phenoxy) is 1. The highest BCUT2D eigenvalue weighted by Crippen LogP contribution is 2.23. The molecule has 3 heteroatoms. The van der Waals surface area contributed by atoms with Crippen molar-refractivity contribution in [2.24, 2.45) is 5.92 Å². The Balaban J connectivity index is 2.25. The number of carbonyl (C=O) groups excluding carboxylic acids is 1. The Kier molecular flexibility index (Phi) is 4.23. The van der Waals surface area contributed by atoms with Crippen LogP contribution in [0.1, 0.15) is 46.5 Å². The summed E-state index contributed by atoms with van der Waals surface area (Å²) in [4.78, 5) is 11.3. The van der Waals surface area contributed by atoms with Crippen molar-refractivity contribution in [3.8, 4) is 0 Å². The van der Waals surface area contributed by atoms with Crippen LogP contribution in [0.3, 0.4) is 0 Å². The molecule has 0 aromatic rings. The van der Waals surface area contributed by atoms with Crippen molar-refractivity contribution < 1.29 is 9.53 Å². The maximum Gasteiger partial charge on any atom is 0.407 e. The predicted octanol–water partition coefficient (Wildman–Crippen LogP) is 2.70. The second kappa shape index (κ2) is 5.23. The summed E-state index contributed by atoms with van der Waals surface area (Å²) in [5.74, 6) is 0.730. The lowest BCUT2D eigenvalue weighted by Crippen LogP contribution is -2.39. The van der Waals surface area contributed by atoms with Crippen LogP contribution in [0.5, 0.6) is 0 Å². The van der Waals surface area contributed by atoms with Crippen LogP contribution in [0.4, 0.5) is 4.79 Å². The van der Waals surface area contributed by atoms with Crippen molar-refractivity contribution in [3.05, 3.63) is 0 Å². The number of carbonyl (C=O) groups is 1. The van der Waals surface area contributed by atoms with E-state index in [1.807, 2.05) is 13.8 Å². The lowest BCUT2D eigenvalue weighted by atomic mass is 9.87. The topological polar surface area (TPSA) is 38.3 Å². The third-order valence-electron chi connectivity index (χ3n) is 2.60. The van der Waals surface area contributed by atoms with Crippen LogP contribution in [-0.4, -0.2) is 18.2 Å². The Morgan fingerprint density at radius 2 is 2.14 bits per heavy atom. The zero-order valence-corrected chi connectivity index (χ0v) is 9.38. The fourth-order valence-electron chi connectivity index (χ4n) is 1.98. The number of hydrogen-bond acceptors (Lipinski definition) is 2. The van der Waals surface area contributed by atoms with E-state index in [-0.39, 0.29) is 12.2 Å². The molecule has 0 aromatic heterocycles. The van der Waals surface area contributed by atoms with Crippen molar-refractivity contribution >= 4 is 6.09 Å². The fraction of sp³-hybridized carbons (Fsp3) is 0.909. The molecule has 0 bridgehead atoms. The first-order valence-corrected chi connectivity index (χ1v) is 5.55. The van der Waals surface area contributed by atoms with Crippen LogP contribution in [0.15, 0.2) is 0 Å². The lowest BCUT2D eigenvalue weighted by Gasteiger charge is -2.27. The molecule has 3 nitrogen and oxygen atoms in total. The van der Waals surface area contributed by atoms with Gasteiger partial charge in [-0.25, -0.2) is 4.79 Å². The fourth-order valence-corrected chi connectivity index (χ4v) is 1.98. The molecule has 1 saturated carbocycles. The number of hydrogen-bond donors (Lipinski definition) is 1. The van der Waals surface area contributed by atoms with Gasteiger partial charge < -0.3 is 10.1 Å². The van der Waals surface area contributed by atoms with Crippen LogP contribution < -0.4 is 5.32 Å². The van der Waals surface area contributed by atoms with Crippen LogP contribution in [0, 0.1) is 5.92 Å². The highest BCUT2D eigenvalue weighted by atomic mass is 16.6. The molecular weight excluding hydrogens is 178 g/mol. The maximum atomic E-state index is 11.3. The molecule has 0 saturated heterocycles. The molecule has 1 amide bonds. The normalized spacial score (nSPS) is 27.4. The molecule has 1 N–H and O–H groups in total. The Morgan fingerprint density at radius 3 is 2.71 bits per heavy atom. The highest BCUT2D eigenvalue weighted by Gasteiger charge is 2.20. The summed E-state index contributed by atoms with van der Waals surface area (Å²) in [6.07, 6.45) is 4.39. The van der Waals surface area contributed by atoms with Gasteiger partial charge in [-0.1, -0.05) is 19.8 Å². The summed E-state index contributed by atoms with van der Waals surface area (Å²) in [6.45, 7) is 5.97.